The van der Waals surface area contributed by atoms with Gasteiger partial charge in [0.1, 0.15) is 5.82 Å². The van der Waals surface area contributed by atoms with Crippen LogP contribution in [0.3, 0.4) is 0 Å². The van der Waals surface area contributed by atoms with Crippen LogP contribution in [0.4, 0.5) is 0 Å². The zero-order chi connectivity index (χ0) is 11.4. The molecule has 4 heteroatoms. The highest BCUT2D eigenvalue weighted by Gasteiger charge is 2.12. The molecule has 0 radical (unpaired) electrons. The Hall–Kier alpha value is -1.45. The lowest BCUT2D eigenvalue weighted by atomic mass is 10.2. The molecule has 0 aliphatic heterocycles. The maximum atomic E-state index is 11.8. The third kappa shape index (κ3) is 3.01. The molecule has 0 unspecified atom stereocenters. The Labute approximate surface area is 90.1 Å². The molecular formula is C11H17N3O. The van der Waals surface area contributed by atoms with Crippen molar-refractivity contribution in [1.29, 1.82) is 0 Å². The van der Waals surface area contributed by atoms with Gasteiger partial charge in [-0.15, -0.1) is 0 Å². The topological polar surface area (TPSA) is 54.9 Å². The van der Waals surface area contributed by atoms with E-state index in [2.05, 4.69) is 15.3 Å². The van der Waals surface area contributed by atoms with Crippen LogP contribution in [0.2, 0.25) is 0 Å². The molecule has 1 atom stereocenters. The summed E-state index contributed by atoms with van der Waals surface area (Å²) in [6.45, 7) is 7.63. The molecule has 82 valence electrons. The molecule has 15 heavy (non-hydrogen) atoms. The van der Waals surface area contributed by atoms with Gasteiger partial charge in [-0.1, -0.05) is 6.92 Å². The summed E-state index contributed by atoms with van der Waals surface area (Å²) in [6, 6.07) is 0.179. The van der Waals surface area contributed by atoms with E-state index in [-0.39, 0.29) is 11.9 Å². The van der Waals surface area contributed by atoms with Gasteiger partial charge in [0.2, 0.25) is 0 Å². The van der Waals surface area contributed by atoms with Crippen molar-refractivity contribution in [2.45, 2.75) is 40.2 Å². The van der Waals surface area contributed by atoms with Crippen LogP contribution in [0.1, 0.15) is 42.1 Å². The molecule has 1 heterocycles. The highest BCUT2D eigenvalue weighted by Crippen LogP contribution is 2.04. The Morgan fingerprint density at radius 2 is 2.20 bits per heavy atom. The van der Waals surface area contributed by atoms with Gasteiger partial charge in [-0.05, 0) is 27.2 Å². The van der Waals surface area contributed by atoms with E-state index >= 15 is 0 Å². The first-order valence-electron chi connectivity index (χ1n) is 5.15. The van der Waals surface area contributed by atoms with E-state index in [1.807, 2.05) is 27.7 Å². The second-order valence-electron chi connectivity index (χ2n) is 3.70. The number of amides is 1. The lowest BCUT2D eigenvalue weighted by molar-refractivity contribution is 0.0938. The van der Waals surface area contributed by atoms with Crippen LogP contribution in [0.25, 0.3) is 0 Å². The van der Waals surface area contributed by atoms with E-state index in [4.69, 9.17) is 0 Å². The van der Waals surface area contributed by atoms with Crippen molar-refractivity contribution in [3.63, 3.8) is 0 Å². The van der Waals surface area contributed by atoms with Crippen LogP contribution in [0, 0.1) is 13.8 Å². The van der Waals surface area contributed by atoms with E-state index in [1.54, 1.807) is 6.20 Å². The van der Waals surface area contributed by atoms with Crippen molar-refractivity contribution in [3.8, 4) is 0 Å². The van der Waals surface area contributed by atoms with Gasteiger partial charge in [0.05, 0.1) is 11.3 Å². The minimum absolute atomic E-state index is 0.0955. The van der Waals surface area contributed by atoms with Crippen molar-refractivity contribution in [2.75, 3.05) is 0 Å². The van der Waals surface area contributed by atoms with Crippen LogP contribution in [-0.4, -0.2) is 21.9 Å². The average molecular weight is 207 g/mol. The van der Waals surface area contributed by atoms with Crippen molar-refractivity contribution in [3.05, 3.63) is 23.3 Å². The van der Waals surface area contributed by atoms with Crippen molar-refractivity contribution in [2.24, 2.45) is 0 Å². The fourth-order valence-corrected chi connectivity index (χ4v) is 1.21. The quantitative estimate of drug-likeness (QED) is 0.819. The third-order valence-corrected chi connectivity index (χ3v) is 2.33. The molecule has 0 aliphatic rings. The molecule has 4 nitrogen and oxygen atoms in total. The fraction of sp³-hybridized carbons (Fsp3) is 0.545. The number of aryl methyl sites for hydroxylation is 2. The predicted molar refractivity (Wildman–Crippen MR) is 58.7 cm³/mol. The molecule has 0 aliphatic carbocycles. The molecule has 1 amide bonds. The first kappa shape index (κ1) is 11.6. The lowest BCUT2D eigenvalue weighted by Crippen LogP contribution is -2.32. The highest BCUT2D eigenvalue weighted by atomic mass is 16.1. The molecule has 0 fully saturated rings. The van der Waals surface area contributed by atoms with Crippen LogP contribution in [0.5, 0.6) is 0 Å². The summed E-state index contributed by atoms with van der Waals surface area (Å²) < 4.78 is 0. The molecule has 0 spiro atoms. The number of rotatable bonds is 3. The minimum atomic E-state index is -0.0955. The molecular weight excluding hydrogens is 190 g/mol. The van der Waals surface area contributed by atoms with E-state index in [0.29, 0.717) is 11.4 Å². The van der Waals surface area contributed by atoms with Crippen molar-refractivity contribution >= 4 is 5.91 Å². The molecule has 1 aromatic rings. The van der Waals surface area contributed by atoms with Gasteiger partial charge >= 0.3 is 0 Å². The first-order valence-corrected chi connectivity index (χ1v) is 5.15. The Morgan fingerprint density at radius 1 is 1.53 bits per heavy atom. The van der Waals surface area contributed by atoms with Crippen LogP contribution < -0.4 is 5.32 Å². The van der Waals surface area contributed by atoms with Crippen LogP contribution in [0.15, 0.2) is 6.20 Å². The van der Waals surface area contributed by atoms with E-state index in [0.717, 1.165) is 12.1 Å². The van der Waals surface area contributed by atoms with Gasteiger partial charge in [0.15, 0.2) is 0 Å². The summed E-state index contributed by atoms with van der Waals surface area (Å²) in [6.07, 6.45) is 2.49. The summed E-state index contributed by atoms with van der Waals surface area (Å²) in [4.78, 5) is 19.9. The Kier molecular flexibility index (Phi) is 3.77. The maximum absolute atomic E-state index is 11.8. The fourth-order valence-electron chi connectivity index (χ4n) is 1.21. The van der Waals surface area contributed by atoms with E-state index in [9.17, 15) is 4.79 Å². The summed E-state index contributed by atoms with van der Waals surface area (Å²) in [5.74, 6) is 0.592. The maximum Gasteiger partial charge on any atom is 0.254 e. The Morgan fingerprint density at radius 3 is 2.73 bits per heavy atom. The molecule has 0 saturated heterocycles. The standard InChI is InChI=1S/C11H17N3O/c1-5-7(2)13-11(15)10-6-12-9(4)14-8(10)3/h6-7H,5H2,1-4H3,(H,13,15)/t7-/m1/s1. The molecule has 1 aromatic heterocycles. The van der Waals surface area contributed by atoms with Gasteiger partial charge in [-0.3, -0.25) is 4.79 Å². The van der Waals surface area contributed by atoms with Gasteiger partial charge in [0, 0.05) is 12.2 Å². The molecule has 0 bridgehead atoms. The number of aromatic nitrogens is 2. The number of nitrogens with zero attached hydrogens (tertiary/aromatic N) is 2. The number of hydrogen-bond acceptors (Lipinski definition) is 3. The third-order valence-electron chi connectivity index (χ3n) is 2.33. The largest absolute Gasteiger partial charge is 0.349 e. The first-order chi connectivity index (χ1) is 7.04. The minimum Gasteiger partial charge on any atom is -0.349 e. The van der Waals surface area contributed by atoms with E-state index in [1.165, 1.54) is 0 Å². The van der Waals surface area contributed by atoms with Crippen molar-refractivity contribution in [1.82, 2.24) is 15.3 Å². The summed E-state index contributed by atoms with van der Waals surface area (Å²) in [5, 5.41) is 2.89. The average Bonchev–Trinajstić information content (AvgIpc) is 2.17. The van der Waals surface area contributed by atoms with Crippen LogP contribution >= 0.6 is 0 Å². The van der Waals surface area contributed by atoms with Crippen LogP contribution in [-0.2, 0) is 0 Å². The smallest absolute Gasteiger partial charge is 0.254 e. The number of carbonyl (C=O) groups is 1. The predicted octanol–water partition coefficient (Wildman–Crippen LogP) is 1.62. The Balaban J connectivity index is 2.82. The van der Waals surface area contributed by atoms with Gasteiger partial charge in [-0.2, -0.15) is 0 Å². The zero-order valence-electron chi connectivity index (χ0n) is 9.66. The normalized spacial score (nSPS) is 12.3. The zero-order valence-corrected chi connectivity index (χ0v) is 9.66. The van der Waals surface area contributed by atoms with Gasteiger partial charge in [0.25, 0.3) is 5.91 Å². The highest BCUT2D eigenvalue weighted by molar-refractivity contribution is 5.95. The molecule has 0 aromatic carbocycles. The molecule has 0 saturated carbocycles. The van der Waals surface area contributed by atoms with Gasteiger partial charge < -0.3 is 5.32 Å². The summed E-state index contributed by atoms with van der Waals surface area (Å²) >= 11 is 0. The lowest BCUT2D eigenvalue weighted by Gasteiger charge is -2.12. The molecule has 1 N–H and O–H groups in total. The second-order valence-corrected chi connectivity index (χ2v) is 3.70. The summed E-state index contributed by atoms with van der Waals surface area (Å²) in [7, 11) is 0. The second kappa shape index (κ2) is 4.87. The number of hydrogen-bond donors (Lipinski definition) is 1. The van der Waals surface area contributed by atoms with Gasteiger partial charge in [-0.25, -0.2) is 9.97 Å². The SMILES string of the molecule is CC[C@@H](C)NC(=O)c1cnc(C)nc1C. The molecule has 1 rings (SSSR count). The number of nitrogens with one attached hydrogen (secondary N) is 1. The summed E-state index contributed by atoms with van der Waals surface area (Å²) in [5.41, 5.74) is 1.28. The van der Waals surface area contributed by atoms with E-state index < -0.39 is 0 Å². The number of carbonyl (C=O) groups excluding carboxylic acids is 1. The monoisotopic (exact) mass is 207 g/mol. The van der Waals surface area contributed by atoms with Crippen molar-refractivity contribution < 1.29 is 4.79 Å². The Bertz CT molecular complexity index is 363.